The zero-order chi connectivity index (χ0) is 10.4. The standard InChI is InChI=1S/C10H12BrN3/c1-2-3-4-5-13-10-9(11)6-8(12)7-14-10/h6-7H,4-5,12H2,1H3,(H,13,14). The number of halogens is 1. The summed E-state index contributed by atoms with van der Waals surface area (Å²) in [5.41, 5.74) is 6.21. The lowest BCUT2D eigenvalue weighted by molar-refractivity contribution is 1.07. The van der Waals surface area contributed by atoms with Crippen molar-refractivity contribution in [2.24, 2.45) is 0 Å². The van der Waals surface area contributed by atoms with E-state index < -0.39 is 0 Å². The first-order valence-corrected chi connectivity index (χ1v) is 5.08. The Balaban J connectivity index is 2.53. The SMILES string of the molecule is CC#CCCNc1ncc(N)cc1Br. The quantitative estimate of drug-likeness (QED) is 0.642. The Morgan fingerprint density at radius 1 is 1.64 bits per heavy atom. The molecule has 0 bridgehead atoms. The number of nitrogen functional groups attached to an aromatic ring is 1. The van der Waals surface area contributed by atoms with E-state index in [0.29, 0.717) is 5.69 Å². The molecule has 0 radical (unpaired) electrons. The monoisotopic (exact) mass is 253 g/mol. The maximum atomic E-state index is 5.56. The molecule has 1 rings (SSSR count). The minimum Gasteiger partial charge on any atom is -0.397 e. The number of rotatable bonds is 3. The summed E-state index contributed by atoms with van der Waals surface area (Å²) < 4.78 is 0.877. The van der Waals surface area contributed by atoms with Crippen molar-refractivity contribution in [1.29, 1.82) is 0 Å². The predicted octanol–water partition coefficient (Wildman–Crippen LogP) is 2.25. The van der Waals surface area contributed by atoms with Gasteiger partial charge in [-0.3, -0.25) is 0 Å². The average molecular weight is 254 g/mol. The van der Waals surface area contributed by atoms with Gasteiger partial charge < -0.3 is 11.1 Å². The summed E-state index contributed by atoms with van der Waals surface area (Å²) >= 11 is 3.38. The molecule has 0 aliphatic rings. The molecule has 1 aromatic heterocycles. The second kappa shape index (κ2) is 5.51. The number of anilines is 2. The maximum absolute atomic E-state index is 5.56. The molecule has 0 saturated heterocycles. The molecule has 0 saturated carbocycles. The van der Waals surface area contributed by atoms with Crippen molar-refractivity contribution in [3.05, 3.63) is 16.7 Å². The van der Waals surface area contributed by atoms with Crippen LogP contribution in [0.3, 0.4) is 0 Å². The highest BCUT2D eigenvalue weighted by atomic mass is 79.9. The third-order valence-electron chi connectivity index (χ3n) is 1.58. The molecule has 3 N–H and O–H groups in total. The summed E-state index contributed by atoms with van der Waals surface area (Å²) in [6, 6.07) is 1.82. The largest absolute Gasteiger partial charge is 0.397 e. The van der Waals surface area contributed by atoms with Crippen LogP contribution >= 0.6 is 15.9 Å². The highest BCUT2D eigenvalue weighted by molar-refractivity contribution is 9.10. The first-order chi connectivity index (χ1) is 6.74. The van der Waals surface area contributed by atoms with Gasteiger partial charge >= 0.3 is 0 Å². The topological polar surface area (TPSA) is 50.9 Å². The van der Waals surface area contributed by atoms with Crippen LogP contribution in [0.25, 0.3) is 0 Å². The second-order valence-electron chi connectivity index (χ2n) is 2.70. The molecule has 0 fully saturated rings. The molecular formula is C10H12BrN3. The van der Waals surface area contributed by atoms with Gasteiger partial charge in [0.05, 0.1) is 16.4 Å². The van der Waals surface area contributed by atoms with Crippen molar-refractivity contribution < 1.29 is 0 Å². The summed E-state index contributed by atoms with van der Waals surface area (Å²) in [5.74, 6) is 6.61. The molecule has 0 aliphatic heterocycles. The molecule has 1 aromatic rings. The number of aromatic nitrogens is 1. The van der Waals surface area contributed by atoms with E-state index in [2.05, 4.69) is 38.1 Å². The second-order valence-corrected chi connectivity index (χ2v) is 3.56. The van der Waals surface area contributed by atoms with Crippen molar-refractivity contribution in [2.45, 2.75) is 13.3 Å². The Kier molecular flexibility index (Phi) is 4.27. The van der Waals surface area contributed by atoms with E-state index in [1.807, 2.05) is 13.0 Å². The van der Waals surface area contributed by atoms with E-state index in [9.17, 15) is 0 Å². The van der Waals surface area contributed by atoms with Crippen LogP contribution in [0.2, 0.25) is 0 Å². The van der Waals surface area contributed by atoms with Crippen molar-refractivity contribution >= 4 is 27.4 Å². The number of hydrogen-bond donors (Lipinski definition) is 2. The Labute approximate surface area is 92.2 Å². The highest BCUT2D eigenvalue weighted by Gasteiger charge is 1.99. The van der Waals surface area contributed by atoms with Gasteiger partial charge in [-0.1, -0.05) is 0 Å². The molecule has 0 atom stereocenters. The fourth-order valence-electron chi connectivity index (χ4n) is 0.951. The smallest absolute Gasteiger partial charge is 0.140 e. The molecular weight excluding hydrogens is 242 g/mol. The van der Waals surface area contributed by atoms with Crippen LogP contribution in [-0.4, -0.2) is 11.5 Å². The van der Waals surface area contributed by atoms with Gasteiger partial charge in [0.2, 0.25) is 0 Å². The van der Waals surface area contributed by atoms with Crippen LogP contribution in [0.5, 0.6) is 0 Å². The molecule has 1 heterocycles. The van der Waals surface area contributed by atoms with E-state index >= 15 is 0 Å². The van der Waals surface area contributed by atoms with Crippen molar-refractivity contribution in [3.8, 4) is 11.8 Å². The number of nitrogens with one attached hydrogen (secondary N) is 1. The van der Waals surface area contributed by atoms with Gasteiger partial charge in [0.1, 0.15) is 5.82 Å². The average Bonchev–Trinajstić information content (AvgIpc) is 2.15. The molecule has 0 aliphatic carbocycles. The van der Waals surface area contributed by atoms with Crippen LogP contribution in [0.1, 0.15) is 13.3 Å². The Bertz CT molecular complexity index is 365. The van der Waals surface area contributed by atoms with Crippen molar-refractivity contribution in [3.63, 3.8) is 0 Å². The summed E-state index contributed by atoms with van der Waals surface area (Å²) in [5, 5.41) is 3.16. The van der Waals surface area contributed by atoms with Gasteiger partial charge in [0.15, 0.2) is 0 Å². The summed E-state index contributed by atoms with van der Waals surface area (Å²) in [6.45, 7) is 2.62. The lowest BCUT2D eigenvalue weighted by Gasteiger charge is -2.05. The normalized spacial score (nSPS) is 9.00. The van der Waals surface area contributed by atoms with Crippen molar-refractivity contribution in [1.82, 2.24) is 4.98 Å². The zero-order valence-corrected chi connectivity index (χ0v) is 9.56. The Hall–Kier alpha value is -1.21. The molecule has 0 amide bonds. The van der Waals surface area contributed by atoms with Gasteiger partial charge in [-0.05, 0) is 28.9 Å². The maximum Gasteiger partial charge on any atom is 0.140 e. The minimum atomic E-state index is 0.649. The molecule has 4 heteroatoms. The molecule has 0 spiro atoms. The van der Waals surface area contributed by atoms with Gasteiger partial charge in [-0.25, -0.2) is 4.98 Å². The molecule has 0 unspecified atom stereocenters. The Morgan fingerprint density at radius 3 is 3.07 bits per heavy atom. The molecule has 14 heavy (non-hydrogen) atoms. The van der Waals surface area contributed by atoms with Crippen LogP contribution in [0.4, 0.5) is 11.5 Å². The molecule has 3 nitrogen and oxygen atoms in total. The first kappa shape index (κ1) is 10.9. The fourth-order valence-corrected chi connectivity index (χ4v) is 1.46. The van der Waals surface area contributed by atoms with Gasteiger partial charge in [0.25, 0.3) is 0 Å². The van der Waals surface area contributed by atoms with Crippen LogP contribution < -0.4 is 11.1 Å². The summed E-state index contributed by atoms with van der Waals surface area (Å²) in [6.07, 6.45) is 2.44. The number of hydrogen-bond acceptors (Lipinski definition) is 3. The zero-order valence-electron chi connectivity index (χ0n) is 7.97. The highest BCUT2D eigenvalue weighted by Crippen LogP contribution is 2.21. The van der Waals surface area contributed by atoms with Gasteiger partial charge in [-0.15, -0.1) is 11.8 Å². The first-order valence-electron chi connectivity index (χ1n) is 4.28. The third kappa shape index (κ3) is 3.27. The van der Waals surface area contributed by atoms with Crippen molar-refractivity contribution in [2.75, 3.05) is 17.6 Å². The number of nitrogens with zero attached hydrogens (tertiary/aromatic N) is 1. The van der Waals surface area contributed by atoms with E-state index in [0.717, 1.165) is 23.3 Å². The van der Waals surface area contributed by atoms with E-state index in [-0.39, 0.29) is 0 Å². The van der Waals surface area contributed by atoms with Gasteiger partial charge in [-0.2, -0.15) is 0 Å². The van der Waals surface area contributed by atoms with Crippen LogP contribution in [0.15, 0.2) is 16.7 Å². The Morgan fingerprint density at radius 2 is 2.43 bits per heavy atom. The molecule has 74 valence electrons. The summed E-state index contributed by atoms with van der Waals surface area (Å²) in [7, 11) is 0. The lowest BCUT2D eigenvalue weighted by atomic mass is 10.4. The van der Waals surface area contributed by atoms with Crippen LogP contribution in [0, 0.1) is 11.8 Å². The van der Waals surface area contributed by atoms with Gasteiger partial charge in [0, 0.05) is 13.0 Å². The molecule has 0 aromatic carbocycles. The number of pyridine rings is 1. The van der Waals surface area contributed by atoms with E-state index in [1.165, 1.54) is 0 Å². The predicted molar refractivity (Wildman–Crippen MR) is 62.9 cm³/mol. The van der Waals surface area contributed by atoms with Crippen LogP contribution in [-0.2, 0) is 0 Å². The van der Waals surface area contributed by atoms with E-state index in [1.54, 1.807) is 6.20 Å². The fraction of sp³-hybridized carbons (Fsp3) is 0.300. The number of nitrogens with two attached hydrogens (primary N) is 1. The van der Waals surface area contributed by atoms with E-state index in [4.69, 9.17) is 5.73 Å². The third-order valence-corrected chi connectivity index (χ3v) is 2.19. The summed E-state index contributed by atoms with van der Waals surface area (Å²) in [4.78, 5) is 4.14. The lowest BCUT2D eigenvalue weighted by Crippen LogP contribution is -2.03. The minimum absolute atomic E-state index is 0.649.